The lowest BCUT2D eigenvalue weighted by Gasteiger charge is -2.08. The monoisotopic (exact) mass is 363 g/mol. The van der Waals surface area contributed by atoms with Gasteiger partial charge in [0.1, 0.15) is 5.82 Å². The van der Waals surface area contributed by atoms with Crippen molar-refractivity contribution in [1.82, 2.24) is 9.55 Å². The zero-order valence-corrected chi connectivity index (χ0v) is 13.9. The van der Waals surface area contributed by atoms with Gasteiger partial charge in [-0.3, -0.25) is 0 Å². The highest BCUT2D eigenvalue weighted by atomic mass is 79.9. The van der Waals surface area contributed by atoms with Gasteiger partial charge in [-0.15, -0.1) is 0 Å². The maximum absolute atomic E-state index is 6.03. The Kier molecular flexibility index (Phi) is 4.02. The van der Waals surface area contributed by atoms with Gasteiger partial charge in [-0.1, -0.05) is 17.7 Å². The summed E-state index contributed by atoms with van der Waals surface area (Å²) in [7, 11) is 0. The molecule has 3 nitrogen and oxygen atoms in total. The lowest BCUT2D eigenvalue weighted by molar-refractivity contribution is 0.796. The van der Waals surface area contributed by atoms with Crippen LogP contribution >= 0.6 is 27.5 Å². The minimum atomic E-state index is 0.523. The zero-order valence-electron chi connectivity index (χ0n) is 11.6. The van der Waals surface area contributed by atoms with Gasteiger partial charge >= 0.3 is 0 Å². The average molecular weight is 365 g/mol. The summed E-state index contributed by atoms with van der Waals surface area (Å²) in [6.45, 7) is 3.49. The van der Waals surface area contributed by atoms with Crippen LogP contribution in [0.2, 0.25) is 5.02 Å². The number of imidazole rings is 1. The molecule has 1 aromatic heterocycles. The van der Waals surface area contributed by atoms with Gasteiger partial charge < -0.3 is 10.3 Å². The third-order valence-electron chi connectivity index (χ3n) is 3.54. The molecule has 3 aromatic rings. The molecule has 0 unspecified atom stereocenters. The Bertz CT molecular complexity index is 811. The molecular weight excluding hydrogens is 350 g/mol. The number of hydrogen-bond acceptors (Lipinski definition) is 2. The fourth-order valence-corrected chi connectivity index (χ4v) is 3.36. The second kappa shape index (κ2) is 5.79. The van der Waals surface area contributed by atoms with E-state index in [1.165, 1.54) is 0 Å². The molecule has 2 N–H and O–H groups in total. The number of aryl methyl sites for hydroxylation is 1. The highest BCUT2D eigenvalue weighted by Gasteiger charge is 2.14. The minimum Gasteiger partial charge on any atom is -0.326 e. The van der Waals surface area contributed by atoms with Crippen LogP contribution in [0.15, 0.2) is 40.9 Å². The van der Waals surface area contributed by atoms with E-state index in [9.17, 15) is 0 Å². The number of hydrogen-bond donors (Lipinski definition) is 1. The fraction of sp³-hybridized carbons (Fsp3) is 0.188. The zero-order chi connectivity index (χ0) is 15.0. The lowest BCUT2D eigenvalue weighted by Crippen LogP contribution is -1.98. The minimum absolute atomic E-state index is 0.523. The maximum Gasteiger partial charge on any atom is 0.142 e. The molecular formula is C16H15BrClN3. The first kappa shape index (κ1) is 14.6. The molecule has 0 saturated heterocycles. The van der Waals surface area contributed by atoms with E-state index >= 15 is 0 Å². The van der Waals surface area contributed by atoms with Crippen LogP contribution in [-0.4, -0.2) is 9.55 Å². The normalized spacial score (nSPS) is 11.2. The molecule has 108 valence electrons. The van der Waals surface area contributed by atoms with E-state index in [4.69, 9.17) is 22.3 Å². The summed E-state index contributed by atoms with van der Waals surface area (Å²) in [5, 5.41) is 0.704. The van der Waals surface area contributed by atoms with E-state index < -0.39 is 0 Å². The third kappa shape index (κ3) is 2.59. The highest BCUT2D eigenvalue weighted by molar-refractivity contribution is 9.10. The second-order valence-corrected chi connectivity index (χ2v) is 6.12. The van der Waals surface area contributed by atoms with Crippen LogP contribution in [0.5, 0.6) is 0 Å². The van der Waals surface area contributed by atoms with Gasteiger partial charge in [-0.2, -0.15) is 0 Å². The summed E-state index contributed by atoms with van der Waals surface area (Å²) >= 11 is 9.60. The Labute approximate surface area is 136 Å². The Balaban J connectivity index is 2.26. The topological polar surface area (TPSA) is 43.8 Å². The van der Waals surface area contributed by atoms with Gasteiger partial charge in [0.05, 0.1) is 11.0 Å². The summed E-state index contributed by atoms with van der Waals surface area (Å²) in [6.07, 6.45) is 0. The van der Waals surface area contributed by atoms with Gasteiger partial charge in [0, 0.05) is 28.1 Å². The molecule has 0 spiro atoms. The molecule has 0 amide bonds. The van der Waals surface area contributed by atoms with Crippen LogP contribution in [0.4, 0.5) is 0 Å². The molecule has 0 aliphatic carbocycles. The molecule has 1 heterocycles. The fourth-order valence-electron chi connectivity index (χ4n) is 2.50. The lowest BCUT2D eigenvalue weighted by atomic mass is 10.2. The van der Waals surface area contributed by atoms with Crippen LogP contribution in [0, 0.1) is 0 Å². The average Bonchev–Trinajstić information content (AvgIpc) is 2.84. The van der Waals surface area contributed by atoms with Crippen molar-refractivity contribution in [2.45, 2.75) is 20.0 Å². The molecule has 5 heteroatoms. The van der Waals surface area contributed by atoms with E-state index in [1.807, 2.05) is 18.2 Å². The van der Waals surface area contributed by atoms with Gasteiger partial charge in [-0.05, 0) is 58.7 Å². The molecule has 0 aliphatic rings. The second-order valence-electron chi connectivity index (χ2n) is 4.83. The first-order valence-electron chi connectivity index (χ1n) is 6.78. The van der Waals surface area contributed by atoms with E-state index in [1.54, 1.807) is 0 Å². The van der Waals surface area contributed by atoms with E-state index in [0.717, 1.165) is 39.0 Å². The molecule has 2 aromatic carbocycles. The quantitative estimate of drug-likeness (QED) is 0.738. The first-order valence-corrected chi connectivity index (χ1v) is 7.95. The molecule has 21 heavy (non-hydrogen) atoms. The van der Waals surface area contributed by atoms with Crippen LogP contribution in [0.1, 0.15) is 12.5 Å². The van der Waals surface area contributed by atoms with Gasteiger partial charge in [0.25, 0.3) is 0 Å². The molecule has 0 radical (unpaired) electrons. The Morgan fingerprint density at radius 3 is 2.71 bits per heavy atom. The predicted molar refractivity (Wildman–Crippen MR) is 91.4 cm³/mol. The largest absolute Gasteiger partial charge is 0.326 e. The number of fused-ring (bicyclic) bond motifs is 1. The molecule has 0 aliphatic heterocycles. The number of halogens is 2. The maximum atomic E-state index is 6.03. The Morgan fingerprint density at radius 2 is 2.05 bits per heavy atom. The smallest absolute Gasteiger partial charge is 0.142 e. The van der Waals surface area contributed by atoms with Crippen molar-refractivity contribution in [1.29, 1.82) is 0 Å². The standard InChI is InChI=1S/C16H15BrClN3/c1-2-21-15-6-3-10(9-19)7-14(15)20-16(21)12-5-4-11(18)8-13(12)17/h3-8H,2,9,19H2,1H3. The van der Waals surface area contributed by atoms with Crippen LogP contribution in [0.25, 0.3) is 22.4 Å². The highest BCUT2D eigenvalue weighted by Crippen LogP contribution is 2.32. The van der Waals surface area contributed by atoms with Crippen molar-refractivity contribution in [3.63, 3.8) is 0 Å². The van der Waals surface area contributed by atoms with E-state index in [-0.39, 0.29) is 0 Å². The van der Waals surface area contributed by atoms with Gasteiger partial charge in [-0.25, -0.2) is 4.98 Å². The van der Waals surface area contributed by atoms with Crippen LogP contribution < -0.4 is 5.73 Å². The molecule has 0 bridgehead atoms. The van der Waals surface area contributed by atoms with Crippen LogP contribution in [-0.2, 0) is 13.1 Å². The number of nitrogens with zero attached hydrogens (tertiary/aromatic N) is 2. The summed E-state index contributed by atoms with van der Waals surface area (Å²) in [5.41, 5.74) is 9.92. The summed E-state index contributed by atoms with van der Waals surface area (Å²) in [5.74, 6) is 0.935. The predicted octanol–water partition coefficient (Wildman–Crippen LogP) is 4.60. The molecule has 0 fully saturated rings. The molecule has 0 atom stereocenters. The number of nitrogens with two attached hydrogens (primary N) is 1. The summed E-state index contributed by atoms with van der Waals surface area (Å²) in [6, 6.07) is 11.9. The van der Waals surface area contributed by atoms with E-state index in [0.29, 0.717) is 11.6 Å². The van der Waals surface area contributed by atoms with Crippen molar-refractivity contribution in [3.05, 3.63) is 51.5 Å². The number of rotatable bonds is 3. The third-order valence-corrected chi connectivity index (χ3v) is 4.43. The van der Waals surface area contributed by atoms with Crippen LogP contribution in [0.3, 0.4) is 0 Å². The Morgan fingerprint density at radius 1 is 1.24 bits per heavy atom. The molecule has 0 saturated carbocycles. The van der Waals surface area contributed by atoms with Gasteiger partial charge in [0.15, 0.2) is 0 Å². The first-order chi connectivity index (χ1) is 10.1. The van der Waals surface area contributed by atoms with Crippen molar-refractivity contribution in [2.24, 2.45) is 5.73 Å². The van der Waals surface area contributed by atoms with Crippen molar-refractivity contribution >= 4 is 38.6 Å². The van der Waals surface area contributed by atoms with Crippen molar-refractivity contribution in [2.75, 3.05) is 0 Å². The number of aromatic nitrogens is 2. The van der Waals surface area contributed by atoms with Crippen molar-refractivity contribution in [3.8, 4) is 11.4 Å². The van der Waals surface area contributed by atoms with E-state index in [2.05, 4.69) is 45.6 Å². The number of benzene rings is 2. The Hall–Kier alpha value is -1.36. The molecule has 3 rings (SSSR count). The van der Waals surface area contributed by atoms with Crippen molar-refractivity contribution < 1.29 is 0 Å². The SMILES string of the molecule is CCn1c(-c2ccc(Cl)cc2Br)nc2cc(CN)ccc21. The summed E-state index contributed by atoms with van der Waals surface area (Å²) in [4.78, 5) is 4.79. The van der Waals surface area contributed by atoms with Gasteiger partial charge in [0.2, 0.25) is 0 Å². The summed E-state index contributed by atoms with van der Waals surface area (Å²) < 4.78 is 3.14.